The zero-order valence-corrected chi connectivity index (χ0v) is 18.6. The summed E-state index contributed by atoms with van der Waals surface area (Å²) in [5.41, 5.74) is 2.76. The predicted molar refractivity (Wildman–Crippen MR) is 124 cm³/mol. The van der Waals surface area contributed by atoms with Crippen molar-refractivity contribution in [3.8, 4) is 39.8 Å². The number of para-hydroxylation sites is 1. The van der Waals surface area contributed by atoms with Gasteiger partial charge in [0.05, 0.1) is 19.9 Å². The summed E-state index contributed by atoms with van der Waals surface area (Å²) in [5.74, 6) is 1.64. The molecule has 0 aliphatic heterocycles. The van der Waals surface area contributed by atoms with Gasteiger partial charge in [-0.15, -0.1) is 5.10 Å². The van der Waals surface area contributed by atoms with Crippen LogP contribution in [0, 0.1) is 0 Å². The van der Waals surface area contributed by atoms with Crippen LogP contribution in [0.2, 0.25) is 0 Å². The number of methoxy groups -OCH3 is 2. The Morgan fingerprint density at radius 2 is 1.85 bits per heavy atom. The average molecular weight is 461 g/mol. The van der Waals surface area contributed by atoms with Gasteiger partial charge in [-0.2, -0.15) is 0 Å². The number of benzene rings is 3. The smallest absolute Gasteiger partial charge is 0.412 e. The number of tetrazole rings is 1. The fraction of sp³-hybridized carbons (Fsp3) is 0.167. The second kappa shape index (κ2) is 10.3. The molecule has 0 atom stereocenters. The first-order valence-electron chi connectivity index (χ1n) is 10.4. The minimum absolute atomic E-state index is 0.0988. The molecule has 4 rings (SSSR count). The monoisotopic (exact) mass is 461 g/mol. The second-order valence-corrected chi connectivity index (χ2v) is 7.24. The van der Waals surface area contributed by atoms with Gasteiger partial charge in [-0.25, -0.2) is 9.48 Å². The maximum atomic E-state index is 12.5. The van der Waals surface area contributed by atoms with Gasteiger partial charge in [0.1, 0.15) is 17.8 Å². The molecule has 10 nitrogen and oxygen atoms in total. The van der Waals surface area contributed by atoms with Crippen LogP contribution in [0.4, 0.5) is 4.79 Å². The lowest BCUT2D eigenvalue weighted by Crippen LogP contribution is -2.28. The number of hydrogen-bond acceptors (Lipinski definition) is 8. The highest BCUT2D eigenvalue weighted by atomic mass is 16.6. The van der Waals surface area contributed by atoms with Crippen LogP contribution in [0.15, 0.2) is 67.0 Å². The molecule has 34 heavy (non-hydrogen) atoms. The van der Waals surface area contributed by atoms with Crippen LogP contribution in [-0.4, -0.2) is 52.2 Å². The molecule has 3 aromatic carbocycles. The Kier molecular flexibility index (Phi) is 6.87. The first-order valence-corrected chi connectivity index (χ1v) is 10.4. The molecule has 0 aliphatic rings. The summed E-state index contributed by atoms with van der Waals surface area (Å²) in [6.07, 6.45) is 1.39. The van der Waals surface area contributed by atoms with Gasteiger partial charge in [0.2, 0.25) is 0 Å². The van der Waals surface area contributed by atoms with E-state index in [1.165, 1.54) is 11.0 Å². The minimum Gasteiger partial charge on any atom is -0.507 e. The zero-order valence-electron chi connectivity index (χ0n) is 18.6. The van der Waals surface area contributed by atoms with Gasteiger partial charge in [-0.3, -0.25) is 0 Å². The van der Waals surface area contributed by atoms with Crippen LogP contribution in [0.25, 0.3) is 16.8 Å². The van der Waals surface area contributed by atoms with Crippen molar-refractivity contribution >= 4 is 6.09 Å². The van der Waals surface area contributed by atoms with E-state index in [4.69, 9.17) is 14.2 Å². The van der Waals surface area contributed by atoms with E-state index in [0.717, 1.165) is 5.56 Å². The number of amides is 1. The summed E-state index contributed by atoms with van der Waals surface area (Å²) >= 11 is 0. The van der Waals surface area contributed by atoms with Crippen LogP contribution in [-0.2, 0) is 6.42 Å². The molecule has 0 fully saturated rings. The van der Waals surface area contributed by atoms with E-state index in [1.807, 2.05) is 18.2 Å². The van der Waals surface area contributed by atoms with E-state index in [1.54, 1.807) is 56.7 Å². The van der Waals surface area contributed by atoms with Crippen molar-refractivity contribution < 1.29 is 24.1 Å². The highest BCUT2D eigenvalue weighted by Crippen LogP contribution is 2.33. The van der Waals surface area contributed by atoms with Gasteiger partial charge >= 0.3 is 6.09 Å². The number of phenolic OH excluding ortho intramolecular Hbond substituents is 1. The standard InChI is InChI=1S/C24H23N5O5/c1-32-22-8-7-16(11-23(22)33-2)9-10-25-24(31)34-19-13-17(20-5-3-4-6-21(20)30)12-18(14-19)29-15-26-27-28-29/h3-8,11-15,30H,9-10H2,1-2H3,(H,25,31). The average Bonchev–Trinajstić information content (AvgIpc) is 3.39. The van der Waals surface area contributed by atoms with Gasteiger partial charge < -0.3 is 24.6 Å². The first kappa shape index (κ1) is 22.6. The number of hydrogen-bond donors (Lipinski definition) is 2. The summed E-state index contributed by atoms with van der Waals surface area (Å²) < 4.78 is 17.5. The Morgan fingerprint density at radius 1 is 1.03 bits per heavy atom. The van der Waals surface area contributed by atoms with Gasteiger partial charge in [-0.05, 0) is 58.3 Å². The maximum Gasteiger partial charge on any atom is 0.412 e. The number of aromatic hydroxyl groups is 1. The topological polar surface area (TPSA) is 121 Å². The highest BCUT2D eigenvalue weighted by molar-refractivity contribution is 5.76. The van der Waals surface area contributed by atoms with E-state index in [-0.39, 0.29) is 11.5 Å². The van der Waals surface area contributed by atoms with Gasteiger partial charge in [0.25, 0.3) is 0 Å². The van der Waals surface area contributed by atoms with Crippen molar-refractivity contribution in [1.82, 2.24) is 25.5 Å². The number of ether oxygens (including phenoxy) is 3. The molecular formula is C24H23N5O5. The lowest BCUT2D eigenvalue weighted by molar-refractivity contribution is 0.200. The molecule has 10 heteroatoms. The molecule has 4 aromatic rings. The van der Waals surface area contributed by atoms with E-state index >= 15 is 0 Å². The summed E-state index contributed by atoms with van der Waals surface area (Å²) in [6.45, 7) is 0.354. The molecule has 1 aromatic heterocycles. The SMILES string of the molecule is COc1ccc(CCNC(=O)Oc2cc(-c3ccccc3O)cc(-n3cnnn3)c2)cc1OC. The Morgan fingerprint density at radius 3 is 2.59 bits per heavy atom. The summed E-state index contributed by atoms with van der Waals surface area (Å²) in [5, 5.41) is 24.2. The number of nitrogens with one attached hydrogen (secondary N) is 1. The number of carbonyl (C=O) groups excluding carboxylic acids is 1. The van der Waals surface area contributed by atoms with Crippen LogP contribution in [0.3, 0.4) is 0 Å². The Bertz CT molecular complexity index is 1280. The van der Waals surface area contributed by atoms with E-state index < -0.39 is 6.09 Å². The molecule has 0 radical (unpaired) electrons. The maximum absolute atomic E-state index is 12.5. The summed E-state index contributed by atoms with van der Waals surface area (Å²) in [4.78, 5) is 12.5. The fourth-order valence-electron chi connectivity index (χ4n) is 3.42. The molecule has 1 amide bonds. The quantitative estimate of drug-likeness (QED) is 0.410. The summed E-state index contributed by atoms with van der Waals surface area (Å²) in [7, 11) is 3.15. The third-order valence-corrected chi connectivity index (χ3v) is 5.06. The molecule has 0 bridgehead atoms. The Hall–Kier alpha value is -4.60. The van der Waals surface area contributed by atoms with Crippen molar-refractivity contribution in [2.45, 2.75) is 6.42 Å². The number of phenols is 1. The molecule has 174 valence electrons. The normalized spacial score (nSPS) is 10.5. The third-order valence-electron chi connectivity index (χ3n) is 5.06. The molecule has 0 spiro atoms. The van der Waals surface area contributed by atoms with Crippen LogP contribution < -0.4 is 19.5 Å². The Balaban J connectivity index is 1.47. The van der Waals surface area contributed by atoms with Crippen molar-refractivity contribution in [3.05, 3.63) is 72.6 Å². The number of aromatic nitrogens is 4. The van der Waals surface area contributed by atoms with Crippen molar-refractivity contribution in [1.29, 1.82) is 0 Å². The largest absolute Gasteiger partial charge is 0.507 e. The number of rotatable bonds is 8. The lowest BCUT2D eigenvalue weighted by atomic mass is 10.0. The van der Waals surface area contributed by atoms with Crippen LogP contribution in [0.5, 0.6) is 23.0 Å². The van der Waals surface area contributed by atoms with Crippen molar-refractivity contribution in [2.75, 3.05) is 20.8 Å². The van der Waals surface area contributed by atoms with Gasteiger partial charge in [-0.1, -0.05) is 24.3 Å². The third kappa shape index (κ3) is 5.23. The van der Waals surface area contributed by atoms with E-state index in [9.17, 15) is 9.90 Å². The molecule has 1 heterocycles. The molecule has 0 saturated heterocycles. The van der Waals surface area contributed by atoms with Crippen LogP contribution >= 0.6 is 0 Å². The van der Waals surface area contributed by atoms with E-state index in [2.05, 4.69) is 20.8 Å². The molecular weight excluding hydrogens is 438 g/mol. The number of nitrogens with zero attached hydrogens (tertiary/aromatic N) is 4. The molecule has 0 aliphatic carbocycles. The summed E-state index contributed by atoms with van der Waals surface area (Å²) in [6, 6.07) is 17.5. The van der Waals surface area contributed by atoms with Crippen LogP contribution in [0.1, 0.15) is 5.56 Å². The first-order chi connectivity index (χ1) is 16.6. The predicted octanol–water partition coefficient (Wildman–Crippen LogP) is 3.38. The molecule has 2 N–H and O–H groups in total. The lowest BCUT2D eigenvalue weighted by Gasteiger charge is -2.12. The second-order valence-electron chi connectivity index (χ2n) is 7.24. The van der Waals surface area contributed by atoms with Crippen molar-refractivity contribution in [3.63, 3.8) is 0 Å². The molecule has 0 saturated carbocycles. The highest BCUT2D eigenvalue weighted by Gasteiger charge is 2.12. The Labute approximate surface area is 195 Å². The molecule has 0 unspecified atom stereocenters. The minimum atomic E-state index is -0.613. The van der Waals surface area contributed by atoms with E-state index in [0.29, 0.717) is 41.3 Å². The van der Waals surface area contributed by atoms with Crippen molar-refractivity contribution in [2.24, 2.45) is 0 Å². The van der Waals surface area contributed by atoms with Gasteiger partial charge in [0, 0.05) is 18.2 Å². The van der Waals surface area contributed by atoms with Gasteiger partial charge in [0.15, 0.2) is 11.5 Å². The zero-order chi connectivity index (χ0) is 23.9. The fourth-order valence-corrected chi connectivity index (χ4v) is 3.42. The number of carbonyl (C=O) groups is 1.